The zero-order valence-electron chi connectivity index (χ0n) is 64.7. The van der Waals surface area contributed by atoms with Gasteiger partial charge in [-0.05, 0) is 195 Å². The number of fused-ring (bicyclic) bond motifs is 4. The minimum atomic E-state index is -1.02. The number of carboxylic acids is 4. The molecule has 0 bridgehead atoms. The molecule has 8 N–H and O–H groups in total. The summed E-state index contributed by atoms with van der Waals surface area (Å²) >= 11 is 25.0. The number of imidazole rings is 4. The highest BCUT2D eigenvalue weighted by Crippen LogP contribution is 2.35. The van der Waals surface area contributed by atoms with Gasteiger partial charge in [0.15, 0.2) is 22.6 Å². The quantitative estimate of drug-likeness (QED) is 0.0331. The molecule has 8 aromatic carbocycles. The van der Waals surface area contributed by atoms with Gasteiger partial charge < -0.3 is 68.9 Å². The molecule has 1 fully saturated rings. The second-order valence-corrected chi connectivity index (χ2v) is 29.3. The van der Waals surface area contributed by atoms with Crippen LogP contribution in [0.1, 0.15) is 103 Å². The predicted molar refractivity (Wildman–Crippen MR) is 460 cm³/mol. The number of benzene rings is 8. The van der Waals surface area contributed by atoms with E-state index in [9.17, 15) is 39.6 Å². The molecule has 8 aromatic heterocycles. The maximum Gasteiger partial charge on any atom is 0.336 e. The van der Waals surface area contributed by atoms with Gasteiger partial charge in [-0.25, -0.2) is 39.1 Å². The Kier molecular flexibility index (Phi) is 25.5. The van der Waals surface area contributed by atoms with Crippen LogP contribution >= 0.6 is 46.4 Å². The van der Waals surface area contributed by atoms with Crippen molar-refractivity contribution in [2.45, 2.75) is 53.9 Å². The van der Waals surface area contributed by atoms with Crippen LogP contribution < -0.4 is 23.8 Å². The molecule has 1 saturated heterocycles. The van der Waals surface area contributed by atoms with Gasteiger partial charge in [0, 0.05) is 41.5 Å². The molecule has 0 saturated carbocycles. The van der Waals surface area contributed by atoms with Gasteiger partial charge in [-0.2, -0.15) is 19.9 Å². The lowest BCUT2D eigenvalue weighted by Crippen LogP contribution is -2.36. The monoisotopic (exact) mass is 1680 g/mol. The number of nitrogens with one attached hydrogen (secondary N) is 4. The van der Waals surface area contributed by atoms with Gasteiger partial charge in [0.05, 0.1) is 89.7 Å². The molecule has 120 heavy (non-hydrogen) atoms. The molecule has 0 aliphatic carbocycles. The fraction of sp³-hybridized carbons (Fsp3) is 0.133. The van der Waals surface area contributed by atoms with E-state index < -0.39 is 23.9 Å². The summed E-state index contributed by atoms with van der Waals surface area (Å²) in [7, 11) is 0. The number of halogens is 4. The molecule has 1 aliphatic rings. The summed E-state index contributed by atoms with van der Waals surface area (Å²) in [6.45, 7) is 12.2. The number of anilines is 1. The standard InChI is InChI=1S/C25H24N4O4.C22H15Cl2N3O3.C22H18ClN3O3.C21H16ClN3O3/c1-15-3-8-19(13-20(15)24(30)31)33-25-27-22-14-21(16(2)26-23(22)28-25)17-4-6-18(7-5-17)29-9-11-32-12-10-29;1-12-2-8-15(10-16(12)21(28)29)30-22-26-19-11-17(24)18(25-20(19)27-22)9-5-13-3-6-14(23)7-4-13;1-13-7-9-15(11-16(13)21(27)28)29-22-25-19-12-17(23)18(24-20(19)26-22)10-8-14-5-3-2-4-6-14;1-12-7-8-14(10-15(12)20(26)27)28-21-24-18-11-16(22)17(23-19(18)25-21)9-13-5-3-2-4-6-13/h3-8,13-14H,9-12H2,1-2H3,(H,30,31)(H,26,27,28);2-11H,1H3,(H,28,29)(H,25,26,27);2-7,9,11-12H,8,10H2,1H3,(H,27,28)(H,24,25,26);2-8,10-11H,9H2,1H3,(H,26,27)(H,23,24,25)/b;9-5+;;. The summed E-state index contributed by atoms with van der Waals surface area (Å²) in [5.74, 6) is -2.53. The third-order valence-corrected chi connectivity index (χ3v) is 20.4. The van der Waals surface area contributed by atoms with Crippen LogP contribution in [-0.4, -0.2) is 130 Å². The van der Waals surface area contributed by atoms with Crippen LogP contribution in [-0.2, 0) is 24.0 Å². The number of hydrogen-bond donors (Lipinski definition) is 8. The number of aromatic carboxylic acids is 4. The minimum Gasteiger partial charge on any atom is -0.478 e. The molecule has 0 unspecified atom stereocenters. The maximum absolute atomic E-state index is 11.4. The summed E-state index contributed by atoms with van der Waals surface area (Å²) in [5, 5.41) is 39.3. The SMILES string of the molecule is Cc1ccc(Oc2nc3nc(/C=C/c4ccc(Cl)cc4)c(Cl)cc3[nH]2)cc1C(=O)O.Cc1ccc(Oc2nc3nc(C)c(-c4ccc(N5CCOCC5)cc4)cc3[nH]2)cc1C(=O)O.Cc1ccc(Oc2nc3nc(CCc4ccccc4)c(Cl)cc3[nH]2)cc1C(=O)O.Cc1ccc(Oc2nc3nc(Cc4ccccc4)c(Cl)cc3[nH]2)cc1C(=O)O. The number of carboxylic acid groups (broad SMARTS) is 4. The smallest absolute Gasteiger partial charge is 0.336 e. The van der Waals surface area contributed by atoms with Crippen molar-refractivity contribution in [2.75, 3.05) is 31.2 Å². The van der Waals surface area contributed by atoms with Crippen LogP contribution in [0.3, 0.4) is 0 Å². The number of morpholine rings is 1. The molecular weight excluding hydrogens is 1610 g/mol. The number of H-pyrrole nitrogens is 4. The molecule has 30 heteroatoms. The maximum atomic E-state index is 11.4. The molecule has 1 aliphatic heterocycles. The zero-order chi connectivity index (χ0) is 84.3. The molecule has 0 radical (unpaired) electrons. The summed E-state index contributed by atoms with van der Waals surface area (Å²) in [5.41, 5.74) is 17.4. The van der Waals surface area contributed by atoms with Gasteiger partial charge in [-0.1, -0.05) is 162 Å². The number of rotatable bonds is 21. The molecule has 17 rings (SSSR count). The summed E-state index contributed by atoms with van der Waals surface area (Å²) in [6.07, 6.45) is 5.79. The van der Waals surface area contributed by atoms with E-state index in [1.165, 1.54) is 35.5 Å². The molecule has 0 spiro atoms. The van der Waals surface area contributed by atoms with Crippen molar-refractivity contribution < 1.29 is 63.3 Å². The van der Waals surface area contributed by atoms with Crippen LogP contribution in [0.15, 0.2) is 206 Å². The first kappa shape index (κ1) is 82.5. The largest absolute Gasteiger partial charge is 0.478 e. The van der Waals surface area contributed by atoms with Gasteiger partial charge >= 0.3 is 47.9 Å². The van der Waals surface area contributed by atoms with Crippen LogP contribution in [0.2, 0.25) is 20.1 Å². The Morgan fingerprint density at radius 2 is 0.800 bits per heavy atom. The van der Waals surface area contributed by atoms with Crippen molar-refractivity contribution in [2.24, 2.45) is 0 Å². The van der Waals surface area contributed by atoms with E-state index >= 15 is 0 Å². The van der Waals surface area contributed by atoms with Crippen molar-refractivity contribution >= 4 is 133 Å². The molecule has 9 heterocycles. The first-order valence-corrected chi connectivity index (χ1v) is 38.9. The zero-order valence-corrected chi connectivity index (χ0v) is 67.8. The predicted octanol–water partition coefficient (Wildman–Crippen LogP) is 21.0. The Morgan fingerprint density at radius 3 is 1.24 bits per heavy atom. The number of nitrogens with zero attached hydrogens (tertiary/aromatic N) is 9. The normalized spacial score (nSPS) is 11.9. The Balaban J connectivity index is 0.000000131. The number of hydrogen-bond acceptors (Lipinski definition) is 18. The number of aromatic nitrogens is 12. The lowest BCUT2D eigenvalue weighted by Gasteiger charge is -2.29. The van der Waals surface area contributed by atoms with Crippen molar-refractivity contribution in [3.05, 3.63) is 310 Å². The van der Waals surface area contributed by atoms with E-state index in [1.54, 1.807) is 113 Å². The number of ether oxygens (including phenoxy) is 5. The molecular formula is C90H73Cl4N13O13. The van der Waals surface area contributed by atoms with Crippen molar-refractivity contribution in [3.63, 3.8) is 0 Å². The van der Waals surface area contributed by atoms with Crippen LogP contribution in [0.25, 0.3) is 67.9 Å². The summed E-state index contributed by atoms with van der Waals surface area (Å²) in [6, 6.07) is 63.5. The lowest BCUT2D eigenvalue weighted by molar-refractivity contribution is 0.0685. The third-order valence-electron chi connectivity index (χ3n) is 19.2. The number of pyridine rings is 4. The van der Waals surface area contributed by atoms with E-state index in [-0.39, 0.29) is 46.3 Å². The Labute approximate surface area is 705 Å². The average molecular weight is 1690 g/mol. The first-order valence-electron chi connectivity index (χ1n) is 37.4. The Bertz CT molecular complexity index is 6540. The van der Waals surface area contributed by atoms with Gasteiger partial charge in [-0.3, -0.25) is 0 Å². The lowest BCUT2D eigenvalue weighted by atomic mass is 10.0. The average Bonchev–Trinajstić information content (AvgIpc) is 1.51. The molecule has 26 nitrogen and oxygen atoms in total. The van der Waals surface area contributed by atoms with Gasteiger partial charge in [-0.15, -0.1) is 0 Å². The minimum absolute atomic E-state index is 0.166. The van der Waals surface area contributed by atoms with Crippen molar-refractivity contribution in [3.8, 4) is 58.2 Å². The molecule has 16 aromatic rings. The van der Waals surface area contributed by atoms with Gasteiger partial charge in [0.1, 0.15) is 23.0 Å². The number of carbonyl (C=O) groups is 4. The third kappa shape index (κ3) is 20.5. The summed E-state index contributed by atoms with van der Waals surface area (Å²) in [4.78, 5) is 95.5. The fourth-order valence-corrected chi connectivity index (χ4v) is 13.6. The second-order valence-electron chi connectivity index (χ2n) is 27.7. The van der Waals surface area contributed by atoms with Crippen molar-refractivity contribution in [1.29, 1.82) is 0 Å². The highest BCUT2D eigenvalue weighted by atomic mass is 35.5. The first-order chi connectivity index (χ1) is 57.8. The van der Waals surface area contributed by atoms with Gasteiger partial charge in [0.25, 0.3) is 0 Å². The highest BCUT2D eigenvalue weighted by molar-refractivity contribution is 6.33. The van der Waals surface area contributed by atoms with Crippen LogP contribution in [0.4, 0.5) is 5.69 Å². The molecule has 0 amide bonds. The van der Waals surface area contributed by atoms with Crippen molar-refractivity contribution in [1.82, 2.24) is 59.8 Å². The highest BCUT2D eigenvalue weighted by Gasteiger charge is 2.21. The van der Waals surface area contributed by atoms with E-state index in [1.807, 2.05) is 79.7 Å². The number of aryl methyl sites for hydroxylation is 7. The Hall–Kier alpha value is -14.0. The fourth-order valence-electron chi connectivity index (χ4n) is 12.8. The Morgan fingerprint density at radius 1 is 0.408 bits per heavy atom. The topological polar surface area (TPSA) is 365 Å². The van der Waals surface area contributed by atoms with E-state index in [0.29, 0.717) is 123 Å². The van der Waals surface area contributed by atoms with E-state index in [4.69, 9.17) is 70.1 Å². The van der Waals surface area contributed by atoms with Crippen LogP contribution in [0.5, 0.6) is 47.0 Å². The van der Waals surface area contributed by atoms with Crippen LogP contribution in [0, 0.1) is 34.6 Å². The van der Waals surface area contributed by atoms with E-state index in [2.05, 4.69) is 101 Å². The van der Waals surface area contributed by atoms with Gasteiger partial charge in [0.2, 0.25) is 0 Å². The molecule has 0 atom stereocenters. The number of aromatic amines is 4. The second kappa shape index (κ2) is 37.1. The summed E-state index contributed by atoms with van der Waals surface area (Å²) < 4.78 is 28.3. The molecule has 604 valence electrons. The van der Waals surface area contributed by atoms with E-state index in [0.717, 1.165) is 77.6 Å².